The molecule has 0 aromatic rings. The second-order valence-corrected chi connectivity index (χ2v) is 7.38. The molecule has 0 amide bonds. The van der Waals surface area contributed by atoms with Crippen molar-refractivity contribution >= 4 is 6.29 Å². The van der Waals surface area contributed by atoms with Crippen LogP contribution in [0.2, 0.25) is 0 Å². The molecule has 0 spiro atoms. The first-order chi connectivity index (χ1) is 7.86. The lowest BCUT2D eigenvalue weighted by Crippen LogP contribution is -2.47. The molecule has 0 aromatic carbocycles. The number of aldehydes is 1. The summed E-state index contributed by atoms with van der Waals surface area (Å²) in [7, 11) is 0. The Balaban J connectivity index is 2.37. The van der Waals surface area contributed by atoms with Gasteiger partial charge in [-0.2, -0.15) is 0 Å². The fourth-order valence-corrected chi connectivity index (χ4v) is 4.96. The van der Waals surface area contributed by atoms with Crippen LogP contribution in [0.5, 0.6) is 0 Å². The van der Waals surface area contributed by atoms with Gasteiger partial charge < -0.3 is 4.79 Å². The molecular formula is C16H28O. The molecule has 2 aliphatic rings. The largest absolute Gasteiger partial charge is 0.303 e. The Morgan fingerprint density at radius 1 is 1.24 bits per heavy atom. The number of rotatable bonds is 2. The van der Waals surface area contributed by atoms with Crippen molar-refractivity contribution in [3.05, 3.63) is 0 Å². The average Bonchev–Trinajstić information content (AvgIpc) is 2.51. The van der Waals surface area contributed by atoms with Crippen LogP contribution in [-0.2, 0) is 4.79 Å². The van der Waals surface area contributed by atoms with Crippen LogP contribution >= 0.6 is 0 Å². The second-order valence-electron chi connectivity index (χ2n) is 7.38. The van der Waals surface area contributed by atoms with Gasteiger partial charge in [0.1, 0.15) is 6.29 Å². The normalized spacial score (nSPS) is 54.4. The van der Waals surface area contributed by atoms with Gasteiger partial charge in [0.15, 0.2) is 0 Å². The minimum absolute atomic E-state index is 0.244. The van der Waals surface area contributed by atoms with Crippen LogP contribution < -0.4 is 0 Å². The number of carbonyl (C=O) groups excluding carboxylic acids is 1. The second kappa shape index (κ2) is 4.10. The van der Waals surface area contributed by atoms with Gasteiger partial charge in [0.05, 0.1) is 0 Å². The van der Waals surface area contributed by atoms with E-state index in [4.69, 9.17) is 0 Å². The molecule has 0 heterocycles. The van der Waals surface area contributed by atoms with Crippen LogP contribution in [0, 0.1) is 34.5 Å². The van der Waals surface area contributed by atoms with Crippen molar-refractivity contribution in [2.45, 2.75) is 60.3 Å². The third-order valence-corrected chi connectivity index (χ3v) is 6.86. The quantitative estimate of drug-likeness (QED) is 0.653. The molecule has 0 bridgehead atoms. The molecule has 2 aliphatic carbocycles. The van der Waals surface area contributed by atoms with Crippen LogP contribution in [0.4, 0.5) is 0 Å². The lowest BCUT2D eigenvalue weighted by atomic mass is 9.51. The zero-order chi connectivity index (χ0) is 12.8. The first-order valence-electron chi connectivity index (χ1n) is 7.30. The molecule has 0 radical (unpaired) electrons. The van der Waals surface area contributed by atoms with Gasteiger partial charge in [-0.25, -0.2) is 0 Å². The van der Waals surface area contributed by atoms with Crippen molar-refractivity contribution in [1.82, 2.24) is 0 Å². The third kappa shape index (κ3) is 1.69. The van der Waals surface area contributed by atoms with Crippen molar-refractivity contribution in [1.29, 1.82) is 0 Å². The van der Waals surface area contributed by atoms with E-state index >= 15 is 0 Å². The first-order valence-corrected chi connectivity index (χ1v) is 7.30. The molecule has 17 heavy (non-hydrogen) atoms. The van der Waals surface area contributed by atoms with Gasteiger partial charge in [-0.15, -0.1) is 0 Å². The highest BCUT2D eigenvalue weighted by atomic mass is 16.1. The van der Waals surface area contributed by atoms with E-state index in [2.05, 4.69) is 34.6 Å². The molecule has 98 valence electrons. The predicted octanol–water partition coefficient (Wildman–Crippen LogP) is 4.31. The van der Waals surface area contributed by atoms with E-state index in [1.807, 2.05) is 0 Å². The summed E-state index contributed by atoms with van der Waals surface area (Å²) >= 11 is 0. The zero-order valence-electron chi connectivity index (χ0n) is 12.1. The Morgan fingerprint density at radius 3 is 2.47 bits per heavy atom. The monoisotopic (exact) mass is 236 g/mol. The summed E-state index contributed by atoms with van der Waals surface area (Å²) < 4.78 is 0. The molecule has 1 nitrogen and oxygen atoms in total. The minimum Gasteiger partial charge on any atom is -0.303 e. The van der Waals surface area contributed by atoms with E-state index in [9.17, 15) is 4.79 Å². The Hall–Kier alpha value is -0.330. The molecule has 2 fully saturated rings. The van der Waals surface area contributed by atoms with Crippen molar-refractivity contribution in [2.24, 2.45) is 34.5 Å². The maximum absolute atomic E-state index is 11.1. The molecule has 6 atom stereocenters. The summed E-state index contributed by atoms with van der Waals surface area (Å²) in [4.78, 5) is 11.1. The highest BCUT2D eigenvalue weighted by Crippen LogP contribution is 2.65. The Kier molecular flexibility index (Phi) is 3.16. The minimum atomic E-state index is 0.244. The van der Waals surface area contributed by atoms with Crippen LogP contribution in [0.25, 0.3) is 0 Å². The van der Waals surface area contributed by atoms with Crippen molar-refractivity contribution < 1.29 is 4.79 Å². The van der Waals surface area contributed by atoms with Crippen molar-refractivity contribution in [3.63, 3.8) is 0 Å². The van der Waals surface area contributed by atoms with E-state index < -0.39 is 0 Å². The lowest BCUT2D eigenvalue weighted by Gasteiger charge is -2.53. The molecule has 0 saturated heterocycles. The maximum Gasteiger partial charge on any atom is 0.120 e. The Morgan fingerprint density at radius 2 is 1.88 bits per heavy atom. The van der Waals surface area contributed by atoms with Crippen LogP contribution in [0.15, 0.2) is 0 Å². The molecule has 2 unspecified atom stereocenters. The topological polar surface area (TPSA) is 17.1 Å². The maximum atomic E-state index is 11.1. The van der Waals surface area contributed by atoms with Crippen LogP contribution in [0.3, 0.4) is 0 Å². The van der Waals surface area contributed by atoms with Gasteiger partial charge >= 0.3 is 0 Å². The smallest absolute Gasteiger partial charge is 0.120 e. The molecule has 1 heteroatoms. The van der Waals surface area contributed by atoms with Gasteiger partial charge in [0.2, 0.25) is 0 Å². The Bertz CT molecular complexity index is 311. The molecule has 0 aliphatic heterocycles. The first kappa shape index (κ1) is 13.1. The van der Waals surface area contributed by atoms with E-state index in [1.165, 1.54) is 19.3 Å². The van der Waals surface area contributed by atoms with Crippen molar-refractivity contribution in [2.75, 3.05) is 0 Å². The van der Waals surface area contributed by atoms with Crippen LogP contribution in [-0.4, -0.2) is 6.29 Å². The summed E-state index contributed by atoms with van der Waals surface area (Å²) in [5.74, 6) is 3.07. The van der Waals surface area contributed by atoms with E-state index in [0.717, 1.165) is 30.5 Å². The van der Waals surface area contributed by atoms with Gasteiger partial charge in [0.25, 0.3) is 0 Å². The predicted molar refractivity (Wildman–Crippen MR) is 71.7 cm³/mol. The lowest BCUT2D eigenvalue weighted by molar-refractivity contribution is -0.116. The molecule has 2 saturated carbocycles. The van der Waals surface area contributed by atoms with Crippen LogP contribution in [0.1, 0.15) is 60.3 Å². The standard InChI is InChI=1S/C16H28O/c1-11-10-14-15(4,8-9-17)12(2)6-7-16(14,5)13(11)3/h9,11-14H,6-8,10H2,1-5H3/t11?,12-,13?,14-,15+,16+/m0/s1. The fraction of sp³-hybridized carbons (Fsp3) is 0.938. The Labute approximate surface area is 106 Å². The van der Waals surface area contributed by atoms with Gasteiger partial charge in [-0.1, -0.05) is 34.6 Å². The summed E-state index contributed by atoms with van der Waals surface area (Å²) in [6.45, 7) is 12.1. The van der Waals surface area contributed by atoms with Crippen molar-refractivity contribution in [3.8, 4) is 0 Å². The number of hydrogen-bond acceptors (Lipinski definition) is 1. The molecule has 0 N–H and O–H groups in total. The van der Waals surface area contributed by atoms with Gasteiger partial charge in [-0.3, -0.25) is 0 Å². The number of carbonyl (C=O) groups is 1. The molecule has 2 rings (SSSR count). The van der Waals surface area contributed by atoms with E-state index in [1.54, 1.807) is 0 Å². The zero-order valence-corrected chi connectivity index (χ0v) is 12.1. The van der Waals surface area contributed by atoms with E-state index in [0.29, 0.717) is 11.3 Å². The average molecular weight is 236 g/mol. The SMILES string of the molecule is CC1C[C@H]2[C@](C)(CC=O)[C@@H](C)CC[C@]2(C)C1C. The summed E-state index contributed by atoms with van der Waals surface area (Å²) in [6, 6.07) is 0. The summed E-state index contributed by atoms with van der Waals surface area (Å²) in [5, 5.41) is 0. The fourth-order valence-electron chi connectivity index (χ4n) is 4.96. The van der Waals surface area contributed by atoms with E-state index in [-0.39, 0.29) is 5.41 Å². The van der Waals surface area contributed by atoms with Gasteiger partial charge in [-0.05, 0) is 53.8 Å². The highest BCUT2D eigenvalue weighted by Gasteiger charge is 2.58. The highest BCUT2D eigenvalue weighted by molar-refractivity contribution is 5.51. The number of fused-ring (bicyclic) bond motifs is 1. The van der Waals surface area contributed by atoms with Gasteiger partial charge in [0, 0.05) is 6.42 Å². The summed E-state index contributed by atoms with van der Waals surface area (Å²) in [5.41, 5.74) is 0.720. The molecular weight excluding hydrogens is 208 g/mol. The summed E-state index contributed by atoms with van der Waals surface area (Å²) in [6.07, 6.45) is 5.91. The number of hydrogen-bond donors (Lipinski definition) is 0. The molecule has 0 aromatic heterocycles. The third-order valence-electron chi connectivity index (χ3n) is 6.86.